The van der Waals surface area contributed by atoms with Crippen molar-refractivity contribution in [1.29, 1.82) is 0 Å². The number of fused-ring (bicyclic) bond motifs is 1. The Morgan fingerprint density at radius 2 is 2.16 bits per heavy atom. The highest BCUT2D eigenvalue weighted by atomic mass is 32.1. The molecule has 5 nitrogen and oxygen atoms in total. The van der Waals surface area contributed by atoms with Crippen molar-refractivity contribution in [2.45, 2.75) is 20.4 Å². The van der Waals surface area contributed by atoms with E-state index in [9.17, 15) is 9.59 Å². The molecule has 0 saturated carbocycles. The van der Waals surface area contributed by atoms with Crippen molar-refractivity contribution >= 4 is 32.9 Å². The molecule has 0 radical (unpaired) electrons. The molecule has 98 valence electrons. The monoisotopic (exact) mass is 293 g/mol. The molecule has 0 aliphatic carbocycles. The Bertz CT molecular complexity index is 869. The quantitative estimate of drug-likeness (QED) is 0.784. The maximum atomic E-state index is 12.1. The number of H-pyrrole nitrogens is 1. The summed E-state index contributed by atoms with van der Waals surface area (Å²) in [7, 11) is 0. The molecule has 0 amide bonds. The van der Waals surface area contributed by atoms with Gasteiger partial charge in [0.15, 0.2) is 0 Å². The van der Waals surface area contributed by atoms with Crippen LogP contribution in [0.25, 0.3) is 10.2 Å². The van der Waals surface area contributed by atoms with Crippen LogP contribution in [0.2, 0.25) is 0 Å². The molecular weight excluding hydrogens is 282 g/mol. The maximum Gasteiger partial charge on any atom is 0.307 e. The second-order valence-electron chi connectivity index (χ2n) is 4.27. The number of hydrogen-bond donors (Lipinski definition) is 1. The summed E-state index contributed by atoms with van der Waals surface area (Å²) < 4.78 is 1.53. The first kappa shape index (κ1) is 12.3. The van der Waals surface area contributed by atoms with Gasteiger partial charge in [-0.25, -0.2) is 4.98 Å². The number of rotatable bonds is 2. The summed E-state index contributed by atoms with van der Waals surface area (Å²) >= 11 is 2.64. The highest BCUT2D eigenvalue weighted by Crippen LogP contribution is 2.25. The Hall–Kier alpha value is -1.73. The number of thiophene rings is 1. The SMILES string of the molecule is Cc1sc2nc(Cn3ccsc3=O)[nH]c(=O)c2c1C. The summed E-state index contributed by atoms with van der Waals surface area (Å²) in [4.78, 5) is 32.5. The van der Waals surface area contributed by atoms with Gasteiger partial charge in [-0.15, -0.1) is 11.3 Å². The molecule has 0 fully saturated rings. The minimum atomic E-state index is -0.134. The number of hydrogen-bond acceptors (Lipinski definition) is 5. The first-order valence-electron chi connectivity index (χ1n) is 5.69. The lowest BCUT2D eigenvalue weighted by Crippen LogP contribution is -2.18. The highest BCUT2D eigenvalue weighted by Gasteiger charge is 2.12. The normalized spacial score (nSPS) is 11.3. The molecule has 1 N–H and O–H groups in total. The zero-order valence-corrected chi connectivity index (χ0v) is 12.0. The number of thiazole rings is 1. The average Bonchev–Trinajstić information content (AvgIpc) is 2.85. The Balaban J connectivity index is 2.14. The van der Waals surface area contributed by atoms with Gasteiger partial charge in [0.05, 0.1) is 11.9 Å². The minimum absolute atomic E-state index is 0.0544. The van der Waals surface area contributed by atoms with E-state index >= 15 is 0 Å². The van der Waals surface area contributed by atoms with Gasteiger partial charge in [-0.2, -0.15) is 0 Å². The Morgan fingerprint density at radius 3 is 2.84 bits per heavy atom. The fraction of sp³-hybridized carbons (Fsp3) is 0.250. The summed E-state index contributed by atoms with van der Waals surface area (Å²) in [6.07, 6.45) is 1.70. The fourth-order valence-corrected chi connectivity index (χ4v) is 3.58. The predicted octanol–water partition coefficient (Wildman–Crippen LogP) is 1.87. The molecule has 3 aromatic rings. The third-order valence-corrected chi connectivity index (χ3v) is 4.85. The van der Waals surface area contributed by atoms with Crippen LogP contribution in [0.5, 0.6) is 0 Å². The number of nitrogens with one attached hydrogen (secondary N) is 1. The first-order chi connectivity index (χ1) is 9.06. The van der Waals surface area contributed by atoms with Gasteiger partial charge >= 0.3 is 4.87 Å². The molecule has 0 bridgehead atoms. The van der Waals surface area contributed by atoms with E-state index in [0.29, 0.717) is 17.8 Å². The summed E-state index contributed by atoms with van der Waals surface area (Å²) in [5, 5.41) is 2.38. The standard InChI is InChI=1S/C12H11N3O2S2/c1-6-7(2)19-11-9(6)10(16)13-8(14-11)5-15-3-4-18-12(15)17/h3-4H,5H2,1-2H3,(H,13,14,16). The Morgan fingerprint density at radius 1 is 1.37 bits per heavy atom. The number of aromatic amines is 1. The molecular formula is C12H11N3O2S2. The van der Waals surface area contributed by atoms with Crippen LogP contribution < -0.4 is 10.4 Å². The van der Waals surface area contributed by atoms with Crippen LogP contribution in [0.4, 0.5) is 0 Å². The fourth-order valence-electron chi connectivity index (χ4n) is 1.94. The number of aromatic nitrogens is 3. The van der Waals surface area contributed by atoms with E-state index in [1.807, 2.05) is 13.8 Å². The third-order valence-electron chi connectivity index (χ3n) is 3.05. The molecule has 0 unspecified atom stereocenters. The van der Waals surface area contributed by atoms with Gasteiger partial charge in [0.2, 0.25) is 0 Å². The summed E-state index contributed by atoms with van der Waals surface area (Å²) in [6.45, 7) is 4.20. The minimum Gasteiger partial charge on any atom is -0.308 e. The third kappa shape index (κ3) is 2.04. The highest BCUT2D eigenvalue weighted by molar-refractivity contribution is 7.18. The van der Waals surface area contributed by atoms with Gasteiger partial charge < -0.3 is 4.98 Å². The molecule has 19 heavy (non-hydrogen) atoms. The van der Waals surface area contributed by atoms with E-state index in [1.54, 1.807) is 11.6 Å². The average molecular weight is 293 g/mol. The van der Waals surface area contributed by atoms with Crippen molar-refractivity contribution in [3.8, 4) is 0 Å². The largest absolute Gasteiger partial charge is 0.308 e. The lowest BCUT2D eigenvalue weighted by Gasteiger charge is -2.01. The summed E-state index contributed by atoms with van der Waals surface area (Å²) in [5.74, 6) is 0.513. The van der Waals surface area contributed by atoms with Crippen molar-refractivity contribution < 1.29 is 0 Å². The zero-order valence-electron chi connectivity index (χ0n) is 10.4. The van der Waals surface area contributed by atoms with Crippen molar-refractivity contribution in [1.82, 2.24) is 14.5 Å². The summed E-state index contributed by atoms with van der Waals surface area (Å²) in [6, 6.07) is 0. The van der Waals surface area contributed by atoms with Gasteiger partial charge in [0.25, 0.3) is 5.56 Å². The molecule has 0 aromatic carbocycles. The molecule has 3 heterocycles. The van der Waals surface area contributed by atoms with Gasteiger partial charge in [0, 0.05) is 16.5 Å². The van der Waals surface area contributed by atoms with Gasteiger partial charge in [-0.3, -0.25) is 14.2 Å². The molecule has 0 aliphatic rings. The number of aryl methyl sites for hydroxylation is 2. The lowest BCUT2D eigenvalue weighted by atomic mass is 10.2. The van der Waals surface area contributed by atoms with E-state index in [0.717, 1.165) is 26.6 Å². The van der Waals surface area contributed by atoms with Crippen LogP contribution in [-0.2, 0) is 6.54 Å². The lowest BCUT2D eigenvalue weighted by molar-refractivity contribution is 0.735. The summed E-state index contributed by atoms with van der Waals surface area (Å²) in [5.41, 5.74) is 0.845. The van der Waals surface area contributed by atoms with Crippen LogP contribution in [0.15, 0.2) is 21.2 Å². The molecule has 0 spiro atoms. The number of nitrogens with zero attached hydrogens (tertiary/aromatic N) is 2. The molecule has 0 saturated heterocycles. The Labute approximate surface area is 116 Å². The van der Waals surface area contributed by atoms with Crippen LogP contribution in [-0.4, -0.2) is 14.5 Å². The molecule has 0 atom stereocenters. The predicted molar refractivity (Wildman–Crippen MR) is 77.4 cm³/mol. The second kappa shape index (κ2) is 4.43. The van der Waals surface area contributed by atoms with Crippen LogP contribution in [0.1, 0.15) is 16.3 Å². The smallest absolute Gasteiger partial charge is 0.307 e. The molecule has 0 aliphatic heterocycles. The van der Waals surface area contributed by atoms with E-state index in [1.165, 1.54) is 15.9 Å². The zero-order chi connectivity index (χ0) is 13.6. The van der Waals surface area contributed by atoms with E-state index in [2.05, 4.69) is 9.97 Å². The second-order valence-corrected chi connectivity index (χ2v) is 6.33. The van der Waals surface area contributed by atoms with E-state index < -0.39 is 0 Å². The Kier molecular flexibility index (Phi) is 2.87. The molecule has 3 rings (SSSR count). The van der Waals surface area contributed by atoms with Gasteiger partial charge in [0.1, 0.15) is 10.7 Å². The van der Waals surface area contributed by atoms with Crippen LogP contribution in [0.3, 0.4) is 0 Å². The van der Waals surface area contributed by atoms with Gasteiger partial charge in [-0.05, 0) is 19.4 Å². The van der Waals surface area contributed by atoms with Crippen molar-refractivity contribution in [2.75, 3.05) is 0 Å². The van der Waals surface area contributed by atoms with Crippen molar-refractivity contribution in [3.63, 3.8) is 0 Å². The van der Waals surface area contributed by atoms with Crippen LogP contribution in [0, 0.1) is 13.8 Å². The van der Waals surface area contributed by atoms with Crippen molar-refractivity contribution in [2.24, 2.45) is 0 Å². The first-order valence-corrected chi connectivity index (χ1v) is 7.38. The molecule has 7 heteroatoms. The topological polar surface area (TPSA) is 67.8 Å². The van der Waals surface area contributed by atoms with E-state index in [-0.39, 0.29) is 10.4 Å². The molecule has 3 aromatic heterocycles. The van der Waals surface area contributed by atoms with E-state index in [4.69, 9.17) is 0 Å². The van der Waals surface area contributed by atoms with Crippen LogP contribution >= 0.6 is 22.7 Å². The maximum absolute atomic E-state index is 12.1. The van der Waals surface area contributed by atoms with Crippen molar-refractivity contribution in [3.05, 3.63) is 47.9 Å². The van der Waals surface area contributed by atoms with Gasteiger partial charge in [-0.1, -0.05) is 11.3 Å².